The van der Waals surface area contributed by atoms with Crippen molar-refractivity contribution in [3.8, 4) is 5.75 Å². The van der Waals surface area contributed by atoms with Crippen molar-refractivity contribution in [2.75, 3.05) is 7.11 Å². The van der Waals surface area contributed by atoms with Crippen LogP contribution in [-0.2, 0) is 17.6 Å². The maximum atomic E-state index is 12.9. The number of nitrogens with one attached hydrogen (secondary N) is 1. The van der Waals surface area contributed by atoms with Crippen molar-refractivity contribution in [1.82, 2.24) is 5.32 Å². The first kappa shape index (κ1) is 32.1. The zero-order valence-electron chi connectivity index (χ0n) is 22.4. The lowest BCUT2D eigenvalue weighted by Crippen LogP contribution is -2.21. The minimum atomic E-state index is -4.11. The molecule has 7 nitrogen and oxygen atoms in total. The molecule has 2 N–H and O–H groups in total. The molecule has 0 saturated carbocycles. The molecule has 1 amide bonds. The third-order valence-corrected chi connectivity index (χ3v) is 7.52. The Morgan fingerprint density at radius 3 is 2.41 bits per heavy atom. The Morgan fingerprint density at radius 2 is 1.79 bits per heavy atom. The first-order valence-electron chi connectivity index (χ1n) is 13.0. The van der Waals surface area contributed by atoms with Crippen LogP contribution in [0.1, 0.15) is 90.6 Å². The van der Waals surface area contributed by atoms with Gasteiger partial charge in [0.15, 0.2) is 5.78 Å². The topological polar surface area (TPSA) is 106 Å². The van der Waals surface area contributed by atoms with Gasteiger partial charge >= 0.3 is 17.9 Å². The van der Waals surface area contributed by atoms with Gasteiger partial charge in [-0.2, -0.15) is 13.2 Å². The first-order valence-corrected chi connectivity index (χ1v) is 13.8. The number of hydrogen-bond acceptors (Lipinski definition) is 7. The number of aromatic hydroxyl groups is 1. The minimum absolute atomic E-state index is 0.116. The highest BCUT2D eigenvalue weighted by Crippen LogP contribution is 2.28. The van der Waals surface area contributed by atoms with Gasteiger partial charge in [0, 0.05) is 40.3 Å². The second kappa shape index (κ2) is 15.5. The molecule has 0 aliphatic carbocycles. The maximum Gasteiger partial charge on any atom is 0.410 e. The third kappa shape index (κ3) is 11.3. The van der Waals surface area contributed by atoms with E-state index >= 15 is 0 Å². The number of Topliss-reactive ketones (excluding diaryl/α,β-unsaturated/α-hetero) is 1. The van der Waals surface area contributed by atoms with E-state index in [1.165, 1.54) is 19.4 Å². The number of ketones is 1. The van der Waals surface area contributed by atoms with Crippen LogP contribution in [0.25, 0.3) is 0 Å². The molecule has 0 aliphatic heterocycles. The predicted molar refractivity (Wildman–Crippen MR) is 143 cm³/mol. The van der Waals surface area contributed by atoms with E-state index in [4.69, 9.17) is 4.42 Å². The standard InChI is InChI=1S/C28H36F3NO6S/c1-18(9-5-7-16-32-27(36)37-3)23-17-22(33)24(26(35)38-23)25(34)19(2)10-8-12-21-14-13-20(39-21)11-4-6-15-28(29,30)31/h7,13-14,16-19,33H,4-6,8-12,15H2,1-3H3,(H,32,36)/b16-7+. The molecule has 0 bridgehead atoms. The first-order chi connectivity index (χ1) is 18.4. The fourth-order valence-electron chi connectivity index (χ4n) is 4.00. The average molecular weight is 572 g/mol. The second-order valence-corrected chi connectivity index (χ2v) is 10.8. The largest absolute Gasteiger partial charge is 0.507 e. The molecule has 0 fully saturated rings. The van der Waals surface area contributed by atoms with E-state index in [0.717, 1.165) is 9.75 Å². The molecule has 0 spiro atoms. The number of alkyl halides is 3. The van der Waals surface area contributed by atoms with Crippen LogP contribution in [0.3, 0.4) is 0 Å². The number of rotatable bonds is 15. The maximum absolute atomic E-state index is 12.9. The van der Waals surface area contributed by atoms with E-state index in [2.05, 4.69) is 10.1 Å². The molecule has 2 aromatic rings. The molecule has 0 aromatic carbocycles. The number of amides is 1. The highest BCUT2D eigenvalue weighted by Gasteiger charge is 2.26. The van der Waals surface area contributed by atoms with E-state index in [-0.39, 0.29) is 23.7 Å². The molecule has 11 heteroatoms. The number of alkyl carbamates (subject to hydrolysis) is 1. The van der Waals surface area contributed by atoms with Gasteiger partial charge < -0.3 is 14.3 Å². The van der Waals surface area contributed by atoms with Crippen molar-refractivity contribution in [2.45, 2.75) is 83.7 Å². The van der Waals surface area contributed by atoms with Crippen molar-refractivity contribution in [3.05, 3.63) is 62.0 Å². The van der Waals surface area contributed by atoms with Crippen LogP contribution in [0.4, 0.5) is 18.0 Å². The Labute approximate surface area is 230 Å². The number of carbonyl (C=O) groups is 2. The van der Waals surface area contributed by atoms with E-state index in [1.807, 2.05) is 19.1 Å². The number of methoxy groups -OCH3 is 1. The van der Waals surface area contributed by atoms with Crippen molar-refractivity contribution in [3.63, 3.8) is 0 Å². The number of hydrogen-bond donors (Lipinski definition) is 2. The van der Waals surface area contributed by atoms with E-state index in [9.17, 15) is 32.7 Å². The van der Waals surface area contributed by atoms with Gasteiger partial charge in [0.25, 0.3) is 0 Å². The zero-order valence-corrected chi connectivity index (χ0v) is 23.3. The summed E-state index contributed by atoms with van der Waals surface area (Å²) in [5, 5.41) is 12.9. The summed E-state index contributed by atoms with van der Waals surface area (Å²) >= 11 is 1.57. The van der Waals surface area contributed by atoms with Crippen LogP contribution < -0.4 is 10.9 Å². The van der Waals surface area contributed by atoms with Crippen LogP contribution in [-0.4, -0.2) is 30.3 Å². The van der Waals surface area contributed by atoms with Crippen molar-refractivity contribution >= 4 is 23.2 Å². The van der Waals surface area contributed by atoms with Gasteiger partial charge in [0.05, 0.1) is 7.11 Å². The molecular weight excluding hydrogens is 535 g/mol. The summed E-state index contributed by atoms with van der Waals surface area (Å²) in [4.78, 5) is 38.6. The minimum Gasteiger partial charge on any atom is -0.507 e. The molecule has 2 unspecified atom stereocenters. The molecule has 2 rings (SSSR count). The predicted octanol–water partition coefficient (Wildman–Crippen LogP) is 7.28. The highest BCUT2D eigenvalue weighted by atomic mass is 32.1. The molecule has 39 heavy (non-hydrogen) atoms. The van der Waals surface area contributed by atoms with Gasteiger partial charge in [-0.25, -0.2) is 9.59 Å². The van der Waals surface area contributed by atoms with Crippen molar-refractivity contribution in [1.29, 1.82) is 0 Å². The quantitative estimate of drug-likeness (QED) is 0.172. The molecule has 0 aliphatic rings. The smallest absolute Gasteiger partial charge is 0.410 e. The number of halogens is 3. The lowest BCUT2D eigenvalue weighted by molar-refractivity contribution is -0.135. The van der Waals surface area contributed by atoms with Gasteiger partial charge in [-0.1, -0.05) is 19.9 Å². The lowest BCUT2D eigenvalue weighted by Gasteiger charge is -2.13. The van der Waals surface area contributed by atoms with Gasteiger partial charge in [0.1, 0.15) is 17.1 Å². The van der Waals surface area contributed by atoms with Gasteiger partial charge in [-0.15, -0.1) is 11.3 Å². The molecule has 216 valence electrons. The molecular formula is C28H36F3NO6S. The van der Waals surface area contributed by atoms with Crippen LogP contribution in [0.15, 0.2) is 39.7 Å². The number of carbonyl (C=O) groups excluding carboxylic acids is 2. The number of thiophene rings is 1. The number of allylic oxidation sites excluding steroid dienone is 1. The Kier molecular flexibility index (Phi) is 12.8. The van der Waals surface area contributed by atoms with Crippen LogP contribution in [0.5, 0.6) is 5.75 Å². The van der Waals surface area contributed by atoms with Gasteiger partial charge in [-0.05, 0) is 63.5 Å². The van der Waals surface area contributed by atoms with Crippen molar-refractivity contribution in [2.24, 2.45) is 5.92 Å². The van der Waals surface area contributed by atoms with Gasteiger partial charge in [-0.3, -0.25) is 10.1 Å². The number of aryl methyl sites for hydroxylation is 2. The van der Waals surface area contributed by atoms with Gasteiger partial charge in [0.2, 0.25) is 0 Å². The normalized spacial score (nSPS) is 13.4. The Bertz CT molecular complexity index is 1170. The van der Waals surface area contributed by atoms with Crippen LogP contribution in [0.2, 0.25) is 0 Å². The number of ether oxygens (including phenoxy) is 1. The summed E-state index contributed by atoms with van der Waals surface area (Å²) < 4.78 is 46.6. The van der Waals surface area contributed by atoms with Crippen molar-refractivity contribution < 1.29 is 37.0 Å². The van der Waals surface area contributed by atoms with Crippen LogP contribution >= 0.6 is 11.3 Å². The lowest BCUT2D eigenvalue weighted by atomic mass is 9.94. The fourth-order valence-corrected chi connectivity index (χ4v) is 5.10. The average Bonchev–Trinajstić information content (AvgIpc) is 3.32. The fraction of sp³-hybridized carbons (Fsp3) is 0.536. The number of unbranched alkanes of at least 4 members (excludes halogenated alkanes) is 1. The highest BCUT2D eigenvalue weighted by molar-refractivity contribution is 7.11. The SMILES string of the molecule is COC(=O)N/C=C/CCC(C)c1cc(O)c(C(=O)C(C)CCCc2ccc(CCCCC(F)(F)F)s2)c(=O)o1. The summed E-state index contributed by atoms with van der Waals surface area (Å²) in [5.41, 5.74) is -1.22. The molecule has 0 radical (unpaired) electrons. The summed E-state index contributed by atoms with van der Waals surface area (Å²) in [6.07, 6.45) is 1.97. The van der Waals surface area contributed by atoms with E-state index < -0.39 is 41.8 Å². The molecule has 2 aromatic heterocycles. The van der Waals surface area contributed by atoms with Crippen LogP contribution in [0, 0.1) is 5.92 Å². The Balaban J connectivity index is 1.84. The Morgan fingerprint density at radius 1 is 1.13 bits per heavy atom. The summed E-state index contributed by atoms with van der Waals surface area (Å²) in [7, 11) is 1.26. The molecule has 2 heterocycles. The Hall–Kier alpha value is -3.08. The summed E-state index contributed by atoms with van der Waals surface area (Å²) in [6, 6.07) is 5.20. The molecule has 2 atom stereocenters. The van der Waals surface area contributed by atoms with E-state index in [1.54, 1.807) is 24.3 Å². The summed E-state index contributed by atoms with van der Waals surface area (Å²) in [6.45, 7) is 3.52. The zero-order chi connectivity index (χ0) is 29.0. The van der Waals surface area contributed by atoms with E-state index in [0.29, 0.717) is 44.9 Å². The monoisotopic (exact) mass is 571 g/mol. The summed E-state index contributed by atoms with van der Waals surface area (Å²) in [5.74, 6) is -1.33. The second-order valence-electron chi connectivity index (χ2n) is 9.56. The molecule has 0 saturated heterocycles. The third-order valence-electron chi connectivity index (χ3n) is 6.31.